The maximum atomic E-state index is 12.4. The molecule has 0 aliphatic carbocycles. The zero-order valence-corrected chi connectivity index (χ0v) is 17.8. The van der Waals surface area contributed by atoms with Crippen LogP contribution in [0.25, 0.3) is 17.0 Å². The summed E-state index contributed by atoms with van der Waals surface area (Å²) in [6.07, 6.45) is 6.70. The van der Waals surface area contributed by atoms with E-state index in [0.29, 0.717) is 0 Å². The van der Waals surface area contributed by atoms with E-state index in [0.717, 1.165) is 28.6 Å². The second-order valence-corrected chi connectivity index (χ2v) is 8.45. The largest absolute Gasteiger partial charge is 0.357 e. The normalized spacial score (nSPS) is 18.5. The van der Waals surface area contributed by atoms with Gasteiger partial charge >= 0.3 is 0 Å². The van der Waals surface area contributed by atoms with Crippen molar-refractivity contribution >= 4 is 28.8 Å². The van der Waals surface area contributed by atoms with Crippen LogP contribution in [0.5, 0.6) is 0 Å². The molecule has 2 aromatic rings. The highest BCUT2D eigenvalue weighted by molar-refractivity contribution is 6.08. The van der Waals surface area contributed by atoms with Gasteiger partial charge in [-0.15, -0.1) is 6.58 Å². The molecule has 1 aliphatic rings. The summed E-state index contributed by atoms with van der Waals surface area (Å²) in [5, 5.41) is 6.42. The minimum Gasteiger partial charge on any atom is -0.357 e. The Morgan fingerprint density at radius 3 is 2.62 bits per heavy atom. The molecule has 0 bridgehead atoms. The molecule has 29 heavy (non-hydrogen) atoms. The predicted molar refractivity (Wildman–Crippen MR) is 118 cm³/mol. The van der Waals surface area contributed by atoms with Crippen molar-refractivity contribution in [2.45, 2.75) is 52.5 Å². The smallest absolute Gasteiger partial charge is 0.268 e. The average molecular weight is 392 g/mol. The summed E-state index contributed by atoms with van der Waals surface area (Å²) in [7, 11) is 0. The number of aromatic amines is 1. The van der Waals surface area contributed by atoms with Crippen molar-refractivity contribution in [2.75, 3.05) is 0 Å². The number of fused-ring (bicyclic) bond motifs is 1. The minimum atomic E-state index is -0.538. The van der Waals surface area contributed by atoms with E-state index in [4.69, 9.17) is 0 Å². The number of nitrogens with one attached hydrogen (secondary N) is 3. The van der Waals surface area contributed by atoms with Crippen LogP contribution in [-0.4, -0.2) is 22.8 Å². The topological polar surface area (TPSA) is 74.0 Å². The fourth-order valence-electron chi connectivity index (χ4n) is 3.36. The number of aromatic nitrogens is 1. The molecular weight excluding hydrogens is 362 g/mol. The van der Waals surface area contributed by atoms with E-state index in [9.17, 15) is 9.59 Å². The number of amides is 2. The zero-order valence-electron chi connectivity index (χ0n) is 17.8. The fourth-order valence-corrected chi connectivity index (χ4v) is 3.36. The maximum Gasteiger partial charge on any atom is 0.268 e. The lowest BCUT2D eigenvalue weighted by molar-refractivity contribution is -0.130. The fraction of sp³-hybridized carbons (Fsp3) is 0.333. The maximum absolute atomic E-state index is 12.4. The molecule has 2 amide bonds. The Morgan fingerprint density at radius 2 is 1.97 bits per heavy atom. The first kappa shape index (κ1) is 20.6. The number of allylic oxidation sites excluding steroid dienone is 3. The van der Waals surface area contributed by atoms with Crippen molar-refractivity contribution in [1.82, 2.24) is 15.6 Å². The van der Waals surface area contributed by atoms with Crippen LogP contribution in [0.1, 0.15) is 51.4 Å². The molecular formula is C24H29N3O2. The van der Waals surface area contributed by atoms with Gasteiger partial charge < -0.3 is 15.6 Å². The molecule has 5 heteroatoms. The van der Waals surface area contributed by atoms with Crippen LogP contribution in [0.2, 0.25) is 0 Å². The average Bonchev–Trinajstić information content (AvgIpc) is 3.03. The second-order valence-electron chi connectivity index (χ2n) is 8.45. The van der Waals surface area contributed by atoms with Crippen molar-refractivity contribution in [3.63, 3.8) is 0 Å². The second kappa shape index (κ2) is 7.74. The highest BCUT2D eigenvalue weighted by atomic mass is 16.2. The Hall–Kier alpha value is -3.08. The Morgan fingerprint density at radius 1 is 1.24 bits per heavy atom. The number of benzene rings is 1. The molecule has 0 saturated carbocycles. The molecule has 0 radical (unpaired) electrons. The predicted octanol–water partition coefficient (Wildman–Crippen LogP) is 4.12. The molecule has 0 spiro atoms. The molecule has 0 unspecified atom stereocenters. The molecule has 1 aromatic heterocycles. The molecule has 3 N–H and O–H groups in total. The van der Waals surface area contributed by atoms with Gasteiger partial charge in [-0.1, -0.05) is 43.7 Å². The molecule has 1 aliphatic heterocycles. The third-order valence-electron chi connectivity index (χ3n) is 5.34. The summed E-state index contributed by atoms with van der Waals surface area (Å²) in [4.78, 5) is 28.0. The van der Waals surface area contributed by atoms with E-state index in [-0.39, 0.29) is 22.9 Å². The monoisotopic (exact) mass is 391 g/mol. The zero-order chi connectivity index (χ0) is 21.3. The molecule has 152 valence electrons. The summed E-state index contributed by atoms with van der Waals surface area (Å²) < 4.78 is 0. The van der Waals surface area contributed by atoms with E-state index >= 15 is 0 Å². The van der Waals surface area contributed by atoms with Crippen molar-refractivity contribution in [2.24, 2.45) is 0 Å². The van der Waals surface area contributed by atoms with Gasteiger partial charge in [-0.05, 0) is 44.9 Å². The highest BCUT2D eigenvalue weighted by Crippen LogP contribution is 2.34. The van der Waals surface area contributed by atoms with Crippen LogP contribution >= 0.6 is 0 Å². The Kier molecular flexibility index (Phi) is 5.51. The van der Waals surface area contributed by atoms with Gasteiger partial charge in [0.25, 0.3) is 5.91 Å². The summed E-state index contributed by atoms with van der Waals surface area (Å²) in [5.41, 5.74) is 5.24. The van der Waals surface area contributed by atoms with Gasteiger partial charge in [0, 0.05) is 27.6 Å². The molecule has 3 rings (SSSR count). The van der Waals surface area contributed by atoms with Gasteiger partial charge in [-0.25, -0.2) is 0 Å². The molecule has 1 fully saturated rings. The number of carbonyl (C=O) groups is 2. The highest BCUT2D eigenvalue weighted by Gasteiger charge is 2.28. The van der Waals surface area contributed by atoms with Gasteiger partial charge in [0.1, 0.15) is 11.7 Å². The molecule has 2 heterocycles. The molecule has 1 atom stereocenters. The van der Waals surface area contributed by atoms with Crippen LogP contribution in [0.4, 0.5) is 0 Å². The number of hydrogen-bond donors (Lipinski definition) is 3. The van der Waals surface area contributed by atoms with Crippen LogP contribution in [0.3, 0.4) is 0 Å². The van der Waals surface area contributed by atoms with Crippen molar-refractivity contribution < 1.29 is 9.59 Å². The number of carbonyl (C=O) groups excluding carboxylic acids is 2. The molecule has 1 aromatic carbocycles. The minimum absolute atomic E-state index is 0.218. The Balaban J connectivity index is 2.15. The lowest BCUT2D eigenvalue weighted by Crippen LogP contribution is -2.53. The number of hydrogen-bond acceptors (Lipinski definition) is 2. The summed E-state index contributed by atoms with van der Waals surface area (Å²) in [5.74, 6) is -0.502. The van der Waals surface area contributed by atoms with Gasteiger partial charge in [-0.3, -0.25) is 9.59 Å². The van der Waals surface area contributed by atoms with E-state index < -0.39 is 6.04 Å². The number of piperazine rings is 1. The standard InChI is InChI=1S/C24H29N3O2/c1-7-24(5,6)21-18(13-20-23(29)25-15(4)22(28)27-20)17-11-10-16(9-8-14(2)3)12-19(17)26-21/h7-8,10-13,15,26H,1,9H2,2-6H3,(H,25,29)(H,27,28)/b20-13+/t15-/m1/s1. The molecule has 1 saturated heterocycles. The summed E-state index contributed by atoms with van der Waals surface area (Å²) in [6, 6.07) is 5.77. The Bertz CT molecular complexity index is 1050. The van der Waals surface area contributed by atoms with Gasteiger partial charge in [-0.2, -0.15) is 0 Å². The number of H-pyrrole nitrogens is 1. The van der Waals surface area contributed by atoms with Crippen LogP contribution in [0.15, 0.2) is 48.2 Å². The summed E-state index contributed by atoms with van der Waals surface area (Å²) in [6.45, 7) is 14.0. The lowest BCUT2D eigenvalue weighted by atomic mass is 9.86. The first-order valence-corrected chi connectivity index (χ1v) is 9.88. The van der Waals surface area contributed by atoms with Gasteiger partial charge in [0.05, 0.1) is 0 Å². The van der Waals surface area contributed by atoms with Gasteiger partial charge in [0.2, 0.25) is 5.91 Å². The number of rotatable bonds is 5. The van der Waals surface area contributed by atoms with Crippen LogP contribution < -0.4 is 10.6 Å². The van der Waals surface area contributed by atoms with Crippen LogP contribution in [-0.2, 0) is 21.4 Å². The lowest BCUT2D eigenvalue weighted by Gasteiger charge is -2.23. The van der Waals surface area contributed by atoms with E-state index in [1.54, 1.807) is 13.0 Å². The third-order valence-corrected chi connectivity index (χ3v) is 5.34. The quantitative estimate of drug-likeness (QED) is 0.530. The van der Waals surface area contributed by atoms with E-state index in [2.05, 4.69) is 74.2 Å². The Labute approximate surface area is 172 Å². The SMILES string of the molecule is C=CC(C)(C)c1[nH]c2cc(CC=C(C)C)ccc2c1/C=C1/NC(=O)[C@@H](C)NC1=O. The molecule has 5 nitrogen and oxygen atoms in total. The van der Waals surface area contributed by atoms with Crippen molar-refractivity contribution in [3.05, 3.63) is 65.0 Å². The van der Waals surface area contributed by atoms with E-state index in [1.807, 2.05) is 6.08 Å². The van der Waals surface area contributed by atoms with Crippen molar-refractivity contribution in [3.8, 4) is 0 Å². The van der Waals surface area contributed by atoms with Crippen molar-refractivity contribution in [1.29, 1.82) is 0 Å². The summed E-state index contributed by atoms with van der Waals surface area (Å²) >= 11 is 0. The van der Waals surface area contributed by atoms with Crippen LogP contribution in [0, 0.1) is 0 Å². The third kappa shape index (κ3) is 4.19. The van der Waals surface area contributed by atoms with Gasteiger partial charge in [0.15, 0.2) is 0 Å². The van der Waals surface area contributed by atoms with E-state index in [1.165, 1.54) is 11.1 Å². The first-order valence-electron chi connectivity index (χ1n) is 9.88. The first-order chi connectivity index (χ1) is 13.6.